The third-order valence-electron chi connectivity index (χ3n) is 2.30. The number of thioether (sulfide) groups is 1. The van der Waals surface area contributed by atoms with Gasteiger partial charge in [0.05, 0.1) is 5.25 Å². The maximum Gasteiger partial charge on any atom is 0.229 e. The summed E-state index contributed by atoms with van der Waals surface area (Å²) in [6.07, 6.45) is 0.737. The number of phenolic OH excluding ortho intramolecular Hbond substituents is 1. The minimum atomic E-state index is 0.0242. The molecule has 2 rings (SSSR count). The van der Waals surface area contributed by atoms with Crippen LogP contribution in [0.4, 0.5) is 0 Å². The molecule has 0 aliphatic carbocycles. The molecule has 0 fully saturated rings. The van der Waals surface area contributed by atoms with E-state index in [0.29, 0.717) is 11.8 Å². The molecule has 1 aromatic carbocycles. The van der Waals surface area contributed by atoms with Crippen molar-refractivity contribution in [3.05, 3.63) is 36.0 Å². The molecule has 90 valence electrons. The average Bonchev–Trinajstić information content (AvgIpc) is 2.81. The van der Waals surface area contributed by atoms with Crippen molar-refractivity contribution in [2.75, 3.05) is 0 Å². The Morgan fingerprint density at radius 2 is 2.12 bits per heavy atom. The molecule has 0 aliphatic rings. The molecular formula is C12H14N2O2S. The second kappa shape index (κ2) is 5.23. The first kappa shape index (κ1) is 12.0. The fraction of sp³-hybridized carbons (Fsp3) is 0.333. The van der Waals surface area contributed by atoms with E-state index in [2.05, 4.69) is 10.2 Å². The second-order valence-electron chi connectivity index (χ2n) is 3.62. The van der Waals surface area contributed by atoms with Crippen molar-refractivity contribution in [2.24, 2.45) is 0 Å². The molecule has 1 heterocycles. The first-order chi connectivity index (χ1) is 8.20. The van der Waals surface area contributed by atoms with Gasteiger partial charge in [-0.2, -0.15) is 0 Å². The van der Waals surface area contributed by atoms with Gasteiger partial charge in [0.2, 0.25) is 11.8 Å². The first-order valence-corrected chi connectivity index (χ1v) is 6.35. The molecule has 0 bridgehead atoms. The van der Waals surface area contributed by atoms with Crippen LogP contribution in [0.3, 0.4) is 0 Å². The Hall–Kier alpha value is -1.49. The van der Waals surface area contributed by atoms with E-state index < -0.39 is 0 Å². The van der Waals surface area contributed by atoms with Gasteiger partial charge in [-0.25, -0.2) is 0 Å². The molecule has 0 saturated carbocycles. The van der Waals surface area contributed by atoms with Crippen LogP contribution in [0.25, 0.3) is 0 Å². The summed E-state index contributed by atoms with van der Waals surface area (Å²) in [7, 11) is 0. The molecule has 0 aliphatic heterocycles. The molecule has 0 unspecified atom stereocenters. The molecule has 0 saturated heterocycles. The summed E-state index contributed by atoms with van der Waals surface area (Å²) in [5.74, 6) is 1.51. The molecule has 0 spiro atoms. The lowest BCUT2D eigenvalue weighted by molar-refractivity contribution is 0.454. The lowest BCUT2D eigenvalue weighted by atomic mass is 10.3. The monoisotopic (exact) mass is 250 g/mol. The summed E-state index contributed by atoms with van der Waals surface area (Å²) in [4.78, 5) is 0.816. The summed E-state index contributed by atoms with van der Waals surface area (Å²) in [5, 5.41) is 17.6. The number of aromatic hydroxyl groups is 1. The van der Waals surface area contributed by atoms with Crippen molar-refractivity contribution in [3.63, 3.8) is 0 Å². The fourth-order valence-electron chi connectivity index (χ4n) is 1.37. The highest BCUT2D eigenvalue weighted by Gasteiger charge is 2.16. The Bertz CT molecular complexity index is 499. The zero-order valence-corrected chi connectivity index (χ0v) is 10.6. The molecule has 0 amide bonds. The van der Waals surface area contributed by atoms with Crippen molar-refractivity contribution in [1.29, 1.82) is 0 Å². The third kappa shape index (κ3) is 2.79. The van der Waals surface area contributed by atoms with E-state index in [1.807, 2.05) is 26.0 Å². The number of benzene rings is 1. The summed E-state index contributed by atoms with van der Waals surface area (Å²) in [6, 6.07) is 7.22. The number of para-hydroxylation sites is 1. The number of rotatable bonds is 4. The van der Waals surface area contributed by atoms with Crippen LogP contribution in [0.2, 0.25) is 0 Å². The normalized spacial score (nSPS) is 12.6. The highest BCUT2D eigenvalue weighted by Crippen LogP contribution is 2.38. The zero-order valence-electron chi connectivity index (χ0n) is 9.75. The number of aromatic nitrogens is 2. The van der Waals surface area contributed by atoms with E-state index in [1.165, 1.54) is 11.8 Å². The second-order valence-corrected chi connectivity index (χ2v) is 5.00. The maximum atomic E-state index is 9.67. The number of phenols is 1. The van der Waals surface area contributed by atoms with Gasteiger partial charge in [-0.15, -0.1) is 22.0 Å². The van der Waals surface area contributed by atoms with Crippen LogP contribution >= 0.6 is 11.8 Å². The van der Waals surface area contributed by atoms with E-state index in [9.17, 15) is 5.11 Å². The Balaban J connectivity index is 2.11. The molecular weight excluding hydrogens is 236 g/mol. The molecule has 2 aromatic rings. The standard InChI is InChI=1S/C12H14N2O2S/c1-3-11-13-14-12(16-11)8(2)17-10-7-5-4-6-9(10)15/h4-8,15H,3H2,1-2H3/t8-/m0/s1. The van der Waals surface area contributed by atoms with E-state index in [0.717, 1.165) is 11.3 Å². The fourth-order valence-corrected chi connectivity index (χ4v) is 2.29. The quantitative estimate of drug-likeness (QED) is 0.844. The Kier molecular flexibility index (Phi) is 3.68. The van der Waals surface area contributed by atoms with Gasteiger partial charge in [0.1, 0.15) is 5.75 Å². The first-order valence-electron chi connectivity index (χ1n) is 5.47. The number of hydrogen-bond donors (Lipinski definition) is 1. The highest BCUT2D eigenvalue weighted by atomic mass is 32.2. The summed E-state index contributed by atoms with van der Waals surface area (Å²) >= 11 is 1.50. The lowest BCUT2D eigenvalue weighted by Gasteiger charge is -2.07. The predicted molar refractivity (Wildman–Crippen MR) is 66.1 cm³/mol. The van der Waals surface area contributed by atoms with Crippen LogP contribution in [0.15, 0.2) is 33.6 Å². The van der Waals surface area contributed by atoms with E-state index in [4.69, 9.17) is 4.42 Å². The summed E-state index contributed by atoms with van der Waals surface area (Å²) < 4.78 is 5.48. The molecule has 1 N–H and O–H groups in total. The highest BCUT2D eigenvalue weighted by molar-refractivity contribution is 7.99. The zero-order chi connectivity index (χ0) is 12.3. The van der Waals surface area contributed by atoms with Gasteiger partial charge in [0, 0.05) is 11.3 Å². The lowest BCUT2D eigenvalue weighted by Crippen LogP contribution is -1.88. The van der Waals surface area contributed by atoms with Crippen molar-refractivity contribution in [2.45, 2.75) is 30.4 Å². The van der Waals surface area contributed by atoms with E-state index in [-0.39, 0.29) is 11.0 Å². The number of hydrogen-bond acceptors (Lipinski definition) is 5. The van der Waals surface area contributed by atoms with Crippen LogP contribution in [-0.4, -0.2) is 15.3 Å². The maximum absolute atomic E-state index is 9.67. The van der Waals surface area contributed by atoms with Gasteiger partial charge in [0.25, 0.3) is 0 Å². The molecule has 17 heavy (non-hydrogen) atoms. The van der Waals surface area contributed by atoms with Gasteiger partial charge >= 0.3 is 0 Å². The molecule has 1 aromatic heterocycles. The number of aryl methyl sites for hydroxylation is 1. The van der Waals surface area contributed by atoms with Crippen molar-refractivity contribution < 1.29 is 9.52 Å². The van der Waals surface area contributed by atoms with Gasteiger partial charge < -0.3 is 9.52 Å². The average molecular weight is 250 g/mol. The van der Waals surface area contributed by atoms with Gasteiger partial charge in [0.15, 0.2) is 0 Å². The summed E-state index contributed by atoms with van der Waals surface area (Å²) in [6.45, 7) is 3.95. The Morgan fingerprint density at radius 3 is 2.76 bits per heavy atom. The number of nitrogens with zero attached hydrogens (tertiary/aromatic N) is 2. The minimum absolute atomic E-state index is 0.0242. The SMILES string of the molecule is CCc1nnc([C@H](C)Sc2ccccc2O)o1. The topological polar surface area (TPSA) is 59.2 Å². The summed E-state index contributed by atoms with van der Waals surface area (Å²) in [5.41, 5.74) is 0. The van der Waals surface area contributed by atoms with Crippen molar-refractivity contribution in [1.82, 2.24) is 10.2 Å². The molecule has 5 heteroatoms. The van der Waals surface area contributed by atoms with Crippen molar-refractivity contribution in [3.8, 4) is 5.75 Å². The van der Waals surface area contributed by atoms with Gasteiger partial charge in [-0.05, 0) is 19.1 Å². The van der Waals surface area contributed by atoms with Crippen LogP contribution < -0.4 is 0 Å². The van der Waals surface area contributed by atoms with Crippen molar-refractivity contribution >= 4 is 11.8 Å². The Labute approximate surface area is 104 Å². The van der Waals surface area contributed by atoms with E-state index >= 15 is 0 Å². The largest absolute Gasteiger partial charge is 0.507 e. The molecule has 1 atom stereocenters. The van der Waals surface area contributed by atoms with Gasteiger partial charge in [-0.1, -0.05) is 19.1 Å². The van der Waals surface area contributed by atoms with Crippen LogP contribution in [0.1, 0.15) is 30.9 Å². The van der Waals surface area contributed by atoms with Crippen LogP contribution in [0.5, 0.6) is 5.75 Å². The molecule has 4 nitrogen and oxygen atoms in total. The Morgan fingerprint density at radius 1 is 1.35 bits per heavy atom. The van der Waals surface area contributed by atoms with Gasteiger partial charge in [-0.3, -0.25) is 0 Å². The third-order valence-corrected chi connectivity index (χ3v) is 3.46. The predicted octanol–water partition coefficient (Wildman–Crippen LogP) is 3.19. The minimum Gasteiger partial charge on any atom is -0.507 e. The van der Waals surface area contributed by atoms with E-state index in [1.54, 1.807) is 12.1 Å². The van der Waals surface area contributed by atoms with Crippen LogP contribution in [0, 0.1) is 0 Å². The smallest absolute Gasteiger partial charge is 0.229 e. The molecule has 0 radical (unpaired) electrons. The van der Waals surface area contributed by atoms with Crippen LogP contribution in [-0.2, 0) is 6.42 Å².